The summed E-state index contributed by atoms with van der Waals surface area (Å²) in [5, 5.41) is 8.10. The lowest BCUT2D eigenvalue weighted by Crippen LogP contribution is -2.39. The Hall–Kier alpha value is -2.45. The van der Waals surface area contributed by atoms with Crippen LogP contribution in [0.4, 0.5) is 10.5 Å². The maximum absolute atomic E-state index is 12.8. The number of anilines is 1. The Morgan fingerprint density at radius 2 is 1.86 bits per heavy atom. The topological polar surface area (TPSA) is 83.6 Å². The quantitative estimate of drug-likeness (QED) is 0.601. The van der Waals surface area contributed by atoms with Crippen LogP contribution in [0.5, 0.6) is 0 Å². The zero-order chi connectivity index (χ0) is 21.4. The lowest BCUT2D eigenvalue weighted by molar-refractivity contribution is 0.0932. The number of hydrogen-bond acceptors (Lipinski definition) is 5. The standard InChI is InChI=1S/C21H30N4O3S/c1-14(2)16-6-8-17(9-7-16)23-21(27)25(15(3)4)12-19-24-18(13-29-19)20(26)22-10-11-28-5/h6-9,13-15H,10-12H2,1-5H3,(H,22,26)(H,23,27). The van der Waals surface area contributed by atoms with E-state index >= 15 is 0 Å². The van der Waals surface area contributed by atoms with Crippen LogP contribution in [0.1, 0.15) is 54.7 Å². The first-order chi connectivity index (χ1) is 13.8. The van der Waals surface area contributed by atoms with Crippen molar-refractivity contribution >= 4 is 29.0 Å². The van der Waals surface area contributed by atoms with E-state index in [1.54, 1.807) is 17.4 Å². The maximum Gasteiger partial charge on any atom is 0.322 e. The van der Waals surface area contributed by atoms with Crippen LogP contribution in [0.15, 0.2) is 29.6 Å². The number of nitrogens with zero attached hydrogens (tertiary/aromatic N) is 2. The molecule has 0 fully saturated rings. The van der Waals surface area contributed by atoms with E-state index in [9.17, 15) is 9.59 Å². The van der Waals surface area contributed by atoms with Gasteiger partial charge in [0, 0.05) is 30.8 Å². The average Bonchev–Trinajstić information content (AvgIpc) is 3.15. The lowest BCUT2D eigenvalue weighted by atomic mass is 10.0. The van der Waals surface area contributed by atoms with Crippen molar-refractivity contribution in [3.8, 4) is 0 Å². The van der Waals surface area contributed by atoms with Gasteiger partial charge in [-0.15, -0.1) is 11.3 Å². The number of carbonyl (C=O) groups is 2. The van der Waals surface area contributed by atoms with Crippen molar-refractivity contribution in [1.82, 2.24) is 15.2 Å². The molecule has 7 nitrogen and oxygen atoms in total. The summed E-state index contributed by atoms with van der Waals surface area (Å²) in [6, 6.07) is 7.66. The van der Waals surface area contributed by atoms with Crippen molar-refractivity contribution in [3.05, 3.63) is 45.9 Å². The normalized spacial score (nSPS) is 11.0. The zero-order valence-electron chi connectivity index (χ0n) is 17.7. The molecule has 0 saturated heterocycles. The number of hydrogen-bond donors (Lipinski definition) is 2. The summed E-state index contributed by atoms with van der Waals surface area (Å²) in [5.74, 6) is 0.202. The van der Waals surface area contributed by atoms with Crippen LogP contribution in [-0.2, 0) is 11.3 Å². The van der Waals surface area contributed by atoms with Crippen LogP contribution in [0.2, 0.25) is 0 Å². The summed E-state index contributed by atoms with van der Waals surface area (Å²) >= 11 is 1.37. The molecule has 0 radical (unpaired) electrons. The van der Waals surface area contributed by atoms with Crippen molar-refractivity contribution in [3.63, 3.8) is 0 Å². The predicted molar refractivity (Wildman–Crippen MR) is 117 cm³/mol. The number of carbonyl (C=O) groups excluding carboxylic acids is 2. The van der Waals surface area contributed by atoms with Crippen LogP contribution < -0.4 is 10.6 Å². The van der Waals surface area contributed by atoms with E-state index in [1.807, 2.05) is 38.1 Å². The Balaban J connectivity index is 2.00. The van der Waals surface area contributed by atoms with E-state index in [0.29, 0.717) is 36.3 Å². The van der Waals surface area contributed by atoms with Gasteiger partial charge < -0.3 is 20.3 Å². The van der Waals surface area contributed by atoms with Gasteiger partial charge in [-0.05, 0) is 37.5 Å². The van der Waals surface area contributed by atoms with E-state index in [4.69, 9.17) is 4.74 Å². The molecule has 3 amide bonds. The molecule has 2 N–H and O–H groups in total. The molecule has 0 atom stereocenters. The summed E-state index contributed by atoms with van der Waals surface area (Å²) in [5.41, 5.74) is 2.33. The fourth-order valence-corrected chi connectivity index (χ4v) is 3.40. The number of ether oxygens (including phenoxy) is 1. The second-order valence-corrected chi connectivity index (χ2v) is 8.25. The second kappa shape index (κ2) is 10.9. The van der Waals surface area contributed by atoms with Crippen molar-refractivity contribution in [2.24, 2.45) is 0 Å². The highest BCUT2D eigenvalue weighted by Gasteiger charge is 2.20. The zero-order valence-corrected chi connectivity index (χ0v) is 18.5. The third-order valence-corrected chi connectivity index (χ3v) is 5.23. The minimum absolute atomic E-state index is 0.0205. The van der Waals surface area contributed by atoms with Crippen molar-refractivity contribution in [1.29, 1.82) is 0 Å². The van der Waals surface area contributed by atoms with Gasteiger partial charge in [0.2, 0.25) is 0 Å². The second-order valence-electron chi connectivity index (χ2n) is 7.30. The Bertz CT molecular complexity index is 803. The largest absolute Gasteiger partial charge is 0.383 e. The van der Waals surface area contributed by atoms with Crippen LogP contribution >= 0.6 is 11.3 Å². The molecule has 29 heavy (non-hydrogen) atoms. The number of benzene rings is 1. The van der Waals surface area contributed by atoms with Crippen molar-refractivity contribution in [2.75, 3.05) is 25.6 Å². The van der Waals surface area contributed by atoms with Crippen LogP contribution in [0, 0.1) is 0 Å². The molecule has 2 rings (SSSR count). The van der Waals surface area contributed by atoms with Gasteiger partial charge in [-0.1, -0.05) is 26.0 Å². The summed E-state index contributed by atoms with van der Waals surface area (Å²) < 4.78 is 4.92. The fraction of sp³-hybridized carbons (Fsp3) is 0.476. The average molecular weight is 419 g/mol. The smallest absolute Gasteiger partial charge is 0.322 e. The summed E-state index contributed by atoms with van der Waals surface area (Å²) in [4.78, 5) is 31.0. The highest BCUT2D eigenvalue weighted by atomic mass is 32.1. The molecule has 1 heterocycles. The summed E-state index contributed by atoms with van der Waals surface area (Å²) in [6.07, 6.45) is 0. The molecule has 1 aromatic heterocycles. The highest BCUT2D eigenvalue weighted by molar-refractivity contribution is 7.09. The van der Waals surface area contributed by atoms with Gasteiger partial charge in [0.05, 0.1) is 13.2 Å². The Labute approximate surface area is 176 Å². The monoisotopic (exact) mass is 418 g/mol. The molecule has 0 bridgehead atoms. The minimum Gasteiger partial charge on any atom is -0.383 e. The summed E-state index contributed by atoms with van der Waals surface area (Å²) in [7, 11) is 1.58. The third kappa shape index (κ3) is 6.83. The van der Waals surface area contributed by atoms with Crippen molar-refractivity contribution < 1.29 is 14.3 Å². The summed E-state index contributed by atoms with van der Waals surface area (Å²) in [6.45, 7) is 9.38. The third-order valence-electron chi connectivity index (χ3n) is 4.39. The van der Waals surface area contributed by atoms with Gasteiger partial charge >= 0.3 is 6.03 Å². The number of aromatic nitrogens is 1. The number of methoxy groups -OCH3 is 1. The molecule has 0 saturated carbocycles. The Kier molecular flexibility index (Phi) is 8.60. The lowest BCUT2D eigenvalue weighted by Gasteiger charge is -2.26. The molecule has 1 aromatic carbocycles. The van der Waals surface area contributed by atoms with Crippen molar-refractivity contribution in [2.45, 2.75) is 46.2 Å². The minimum atomic E-state index is -0.240. The van der Waals surface area contributed by atoms with Gasteiger partial charge in [-0.25, -0.2) is 9.78 Å². The van der Waals surface area contributed by atoms with E-state index in [2.05, 4.69) is 29.5 Å². The fourth-order valence-electron chi connectivity index (χ4n) is 2.63. The first kappa shape index (κ1) is 22.8. The van der Waals surface area contributed by atoms with Gasteiger partial charge in [0.1, 0.15) is 10.7 Å². The van der Waals surface area contributed by atoms with Gasteiger partial charge in [0.25, 0.3) is 5.91 Å². The SMILES string of the molecule is COCCNC(=O)c1csc(CN(C(=O)Nc2ccc(C(C)C)cc2)C(C)C)n1. The molecule has 0 aliphatic heterocycles. The number of rotatable bonds is 9. The van der Waals surface area contributed by atoms with Gasteiger partial charge in [-0.3, -0.25) is 4.79 Å². The number of amides is 3. The van der Waals surface area contributed by atoms with E-state index < -0.39 is 0 Å². The van der Waals surface area contributed by atoms with Crippen LogP contribution in [0.25, 0.3) is 0 Å². The van der Waals surface area contributed by atoms with E-state index in [0.717, 1.165) is 5.69 Å². The number of urea groups is 1. The van der Waals surface area contributed by atoms with Crippen LogP contribution in [-0.4, -0.2) is 48.1 Å². The molecular formula is C21H30N4O3S. The molecule has 0 spiro atoms. The molecule has 8 heteroatoms. The van der Waals surface area contributed by atoms with Crippen LogP contribution in [0.3, 0.4) is 0 Å². The molecule has 0 aliphatic carbocycles. The van der Waals surface area contributed by atoms with Gasteiger partial charge in [0.15, 0.2) is 0 Å². The van der Waals surface area contributed by atoms with E-state index in [-0.39, 0.29) is 18.0 Å². The maximum atomic E-state index is 12.8. The first-order valence-corrected chi connectivity index (χ1v) is 10.6. The molecule has 0 unspecified atom stereocenters. The molecule has 0 aliphatic rings. The molecular weight excluding hydrogens is 388 g/mol. The highest BCUT2D eigenvalue weighted by Crippen LogP contribution is 2.19. The molecule has 2 aromatic rings. The van der Waals surface area contributed by atoms with E-state index in [1.165, 1.54) is 16.9 Å². The predicted octanol–water partition coefficient (Wildman–Crippen LogP) is 4.09. The number of thiazole rings is 1. The molecule has 158 valence electrons. The van der Waals surface area contributed by atoms with Gasteiger partial charge in [-0.2, -0.15) is 0 Å². The Morgan fingerprint density at radius 1 is 1.17 bits per heavy atom. The first-order valence-electron chi connectivity index (χ1n) is 9.71. The Morgan fingerprint density at radius 3 is 2.45 bits per heavy atom. The number of nitrogens with one attached hydrogen (secondary N) is 2.